The number of unbranched alkanes of at least 4 members (excludes halogenated alkanes) is 12. The number of hydrogen-bond donors (Lipinski definition) is 0. The van der Waals surface area contributed by atoms with Crippen molar-refractivity contribution in [1.82, 2.24) is 0 Å². The minimum atomic E-state index is -2.33. The Bertz CT molecular complexity index is 443. The van der Waals surface area contributed by atoms with Crippen LogP contribution in [0.5, 0.6) is 0 Å². The van der Waals surface area contributed by atoms with Crippen molar-refractivity contribution < 1.29 is 15.7 Å². The first-order valence-corrected chi connectivity index (χ1v) is 26.7. The van der Waals surface area contributed by atoms with E-state index in [1.54, 1.807) is 0 Å². The molecule has 0 aromatic rings. The molecule has 34 heavy (non-hydrogen) atoms. The second kappa shape index (κ2) is 26.3. The molecule has 6 heteroatoms. The zero-order valence-electron chi connectivity index (χ0n) is 23.1. The summed E-state index contributed by atoms with van der Waals surface area (Å²) in [6, 6.07) is 0. The van der Waals surface area contributed by atoms with Crippen molar-refractivity contribution in [3.05, 3.63) is 12.2 Å². The zero-order valence-corrected chi connectivity index (χ0v) is 29.7. The number of hydrogen-bond acceptors (Lipinski definition) is 4. The number of carbonyl (C=O) groups excluding carboxylic acids is 2. The summed E-state index contributed by atoms with van der Waals surface area (Å²) in [7, 11) is 0. The fourth-order valence-corrected chi connectivity index (χ4v) is 18.1. The SMILES string of the molecule is CCCCC[CH2][SnH]([CH2]CCCCC)[O]C(=O)/C=C\C(=O)[O][SnH]([CH2]CCCCC)[CH2]CCCCC. The molecule has 0 aromatic carbocycles. The van der Waals surface area contributed by atoms with Gasteiger partial charge in [-0.25, -0.2) is 0 Å². The summed E-state index contributed by atoms with van der Waals surface area (Å²) in [5.41, 5.74) is 0. The van der Waals surface area contributed by atoms with Gasteiger partial charge in [0.1, 0.15) is 0 Å². The standard InChI is InChI=1S/4C6H13.C4H4O4.2Sn.2H/c4*1-3-5-6-4-2;5-3(6)1-2-4(7)8;;;;/h4*1,3-6H2,2H3;1-2H,(H,5,6)(H,7,8);;;;/q;;;;;2*+1;;/p-2/b;;;;2-1-;;;;. The van der Waals surface area contributed by atoms with E-state index in [1.165, 1.54) is 115 Å². The molecule has 0 saturated heterocycles. The van der Waals surface area contributed by atoms with Crippen molar-refractivity contribution in [1.29, 1.82) is 0 Å². The van der Waals surface area contributed by atoms with Crippen molar-refractivity contribution in [2.24, 2.45) is 0 Å². The van der Waals surface area contributed by atoms with Crippen LogP contribution in [0.3, 0.4) is 0 Å². The van der Waals surface area contributed by atoms with Gasteiger partial charge in [0, 0.05) is 0 Å². The second-order valence-electron chi connectivity index (χ2n) is 9.85. The van der Waals surface area contributed by atoms with Crippen molar-refractivity contribution in [2.45, 2.75) is 148 Å². The topological polar surface area (TPSA) is 52.6 Å². The predicted molar refractivity (Wildman–Crippen MR) is 151 cm³/mol. The molecule has 0 radical (unpaired) electrons. The summed E-state index contributed by atoms with van der Waals surface area (Å²) in [5, 5.41) is 0. The molecule has 0 saturated carbocycles. The van der Waals surface area contributed by atoms with E-state index in [9.17, 15) is 9.59 Å². The van der Waals surface area contributed by atoms with Gasteiger partial charge < -0.3 is 0 Å². The van der Waals surface area contributed by atoms with Crippen LogP contribution in [0.2, 0.25) is 17.7 Å². The van der Waals surface area contributed by atoms with Gasteiger partial charge in [0.2, 0.25) is 0 Å². The molecule has 0 aliphatic rings. The second-order valence-corrected chi connectivity index (χ2v) is 24.9. The molecule has 0 aromatic heterocycles. The molecule has 0 atom stereocenters. The molecule has 4 nitrogen and oxygen atoms in total. The Balaban J connectivity index is 4.62. The van der Waals surface area contributed by atoms with Gasteiger partial charge in [0.05, 0.1) is 0 Å². The van der Waals surface area contributed by atoms with Gasteiger partial charge in [-0.1, -0.05) is 0 Å². The van der Waals surface area contributed by atoms with E-state index in [0.717, 1.165) is 17.7 Å². The van der Waals surface area contributed by atoms with E-state index in [2.05, 4.69) is 27.7 Å². The fraction of sp³-hybridized carbons (Fsp3) is 0.857. The molecule has 0 aliphatic heterocycles. The summed E-state index contributed by atoms with van der Waals surface area (Å²) < 4.78 is 16.4. The Hall–Kier alpha value is 0.277. The molecule has 200 valence electrons. The van der Waals surface area contributed by atoms with Gasteiger partial charge in [-0.15, -0.1) is 0 Å². The average molecular weight is 694 g/mol. The maximum absolute atomic E-state index is 12.5. The van der Waals surface area contributed by atoms with E-state index in [1.807, 2.05) is 0 Å². The summed E-state index contributed by atoms with van der Waals surface area (Å²) in [4.78, 5) is 24.9. The van der Waals surface area contributed by atoms with Crippen LogP contribution in [0.15, 0.2) is 12.2 Å². The summed E-state index contributed by atoms with van der Waals surface area (Å²) in [6.07, 6.45) is 22.4. The first-order chi connectivity index (χ1) is 16.6. The van der Waals surface area contributed by atoms with Crippen molar-refractivity contribution >= 4 is 52.3 Å². The Kier molecular flexibility index (Phi) is 26.6. The van der Waals surface area contributed by atoms with Crippen molar-refractivity contribution in [3.63, 3.8) is 0 Å². The van der Waals surface area contributed by atoms with Crippen LogP contribution in [0.25, 0.3) is 0 Å². The Morgan fingerprint density at radius 3 is 0.971 bits per heavy atom. The van der Waals surface area contributed by atoms with Crippen molar-refractivity contribution in [3.8, 4) is 0 Å². The van der Waals surface area contributed by atoms with Crippen LogP contribution >= 0.6 is 0 Å². The molecule has 0 rings (SSSR count). The van der Waals surface area contributed by atoms with E-state index >= 15 is 0 Å². The molecule has 0 fully saturated rings. The molecule has 0 heterocycles. The molecule has 0 amide bonds. The maximum atomic E-state index is 12.5. The average Bonchev–Trinajstić information content (AvgIpc) is 2.83. The van der Waals surface area contributed by atoms with Crippen LogP contribution in [0.4, 0.5) is 0 Å². The summed E-state index contributed by atoms with van der Waals surface area (Å²) in [5.74, 6) is -0.609. The van der Waals surface area contributed by atoms with E-state index in [0.29, 0.717) is 0 Å². The Morgan fingerprint density at radius 2 is 0.735 bits per heavy atom. The summed E-state index contributed by atoms with van der Waals surface area (Å²) in [6.45, 7) is 8.89. The molecule has 0 N–H and O–H groups in total. The van der Waals surface area contributed by atoms with Gasteiger partial charge in [-0.2, -0.15) is 0 Å². The van der Waals surface area contributed by atoms with Crippen LogP contribution < -0.4 is 0 Å². The van der Waals surface area contributed by atoms with Gasteiger partial charge >= 0.3 is 228 Å². The predicted octanol–water partition coefficient (Wildman–Crippen LogP) is 8.40. The third-order valence-corrected chi connectivity index (χ3v) is 21.7. The molecule has 0 spiro atoms. The first-order valence-electron chi connectivity index (χ1n) is 14.7. The molecule has 0 unspecified atom stereocenters. The third-order valence-electron chi connectivity index (χ3n) is 6.44. The molecule has 0 bridgehead atoms. The minimum absolute atomic E-state index is 0.304. The van der Waals surface area contributed by atoms with Crippen LogP contribution in [-0.2, 0) is 15.7 Å². The molecule has 0 aliphatic carbocycles. The van der Waals surface area contributed by atoms with Crippen molar-refractivity contribution in [2.75, 3.05) is 0 Å². The number of carbonyl (C=O) groups is 2. The fourth-order valence-electron chi connectivity index (χ4n) is 4.26. The van der Waals surface area contributed by atoms with E-state index in [-0.39, 0.29) is 11.9 Å². The Labute approximate surface area is 227 Å². The van der Waals surface area contributed by atoms with Crippen LogP contribution in [0.1, 0.15) is 130 Å². The first kappa shape index (κ1) is 34.3. The van der Waals surface area contributed by atoms with Gasteiger partial charge in [0.15, 0.2) is 0 Å². The van der Waals surface area contributed by atoms with Gasteiger partial charge in [-0.3, -0.25) is 0 Å². The third kappa shape index (κ3) is 22.7. The Morgan fingerprint density at radius 1 is 0.471 bits per heavy atom. The monoisotopic (exact) mass is 696 g/mol. The number of rotatable bonds is 24. The molecular weight excluding hydrogens is 638 g/mol. The van der Waals surface area contributed by atoms with Crippen LogP contribution in [0, 0.1) is 0 Å². The zero-order chi connectivity index (χ0) is 25.3. The quantitative estimate of drug-likeness (QED) is 0.0579. The van der Waals surface area contributed by atoms with Gasteiger partial charge in [0.25, 0.3) is 0 Å². The van der Waals surface area contributed by atoms with E-state index in [4.69, 9.17) is 6.15 Å². The molecular formula is C28H56O4Sn2. The summed E-state index contributed by atoms with van der Waals surface area (Å²) >= 11 is -4.66. The normalized spacial score (nSPS) is 11.6. The van der Waals surface area contributed by atoms with Crippen LogP contribution in [-0.4, -0.2) is 52.3 Å². The van der Waals surface area contributed by atoms with Gasteiger partial charge in [-0.05, 0) is 0 Å². The van der Waals surface area contributed by atoms with E-state index < -0.39 is 40.3 Å².